The highest BCUT2D eigenvalue weighted by atomic mass is 16.1. The number of hydrogen-bond donors (Lipinski definition) is 2. The van der Waals surface area contributed by atoms with E-state index in [1.807, 2.05) is 18.2 Å². The van der Waals surface area contributed by atoms with Gasteiger partial charge in [0.1, 0.15) is 0 Å². The van der Waals surface area contributed by atoms with Crippen LogP contribution in [0.1, 0.15) is 30.1 Å². The van der Waals surface area contributed by atoms with Crippen molar-refractivity contribution in [2.24, 2.45) is 5.92 Å². The van der Waals surface area contributed by atoms with Crippen LogP contribution in [0, 0.1) is 5.92 Å². The molecule has 6 nitrogen and oxygen atoms in total. The summed E-state index contributed by atoms with van der Waals surface area (Å²) in [7, 11) is 0. The van der Waals surface area contributed by atoms with Crippen LogP contribution in [-0.4, -0.2) is 29.2 Å². The van der Waals surface area contributed by atoms with Gasteiger partial charge in [-0.3, -0.25) is 4.79 Å². The van der Waals surface area contributed by atoms with Gasteiger partial charge >= 0.3 is 0 Å². The smallest absolute Gasteiger partial charge is 0.256 e. The molecule has 2 N–H and O–H groups in total. The minimum absolute atomic E-state index is 0.205. The lowest BCUT2D eigenvalue weighted by Gasteiger charge is -2.32. The Kier molecular flexibility index (Phi) is 5.70. The van der Waals surface area contributed by atoms with E-state index < -0.39 is 0 Å². The van der Waals surface area contributed by atoms with Gasteiger partial charge in [-0.25, -0.2) is 0 Å². The van der Waals surface area contributed by atoms with Gasteiger partial charge < -0.3 is 15.5 Å². The Morgan fingerprint density at radius 3 is 2.21 bits per heavy atom. The number of benzene rings is 2. The third-order valence-corrected chi connectivity index (χ3v) is 5.23. The van der Waals surface area contributed by atoms with E-state index in [1.54, 1.807) is 24.3 Å². The molecule has 2 aromatic carbocycles. The highest BCUT2D eigenvalue weighted by molar-refractivity contribution is 6.03. The summed E-state index contributed by atoms with van der Waals surface area (Å²) in [5.41, 5.74) is 2.79. The first-order chi connectivity index (χ1) is 14.2. The van der Waals surface area contributed by atoms with Crippen molar-refractivity contribution in [1.82, 2.24) is 10.2 Å². The van der Waals surface area contributed by atoms with Crippen LogP contribution in [0.15, 0.2) is 66.7 Å². The molecular weight excluding hydrogens is 362 g/mol. The number of amides is 1. The molecule has 1 fully saturated rings. The van der Waals surface area contributed by atoms with Crippen LogP contribution in [0.2, 0.25) is 0 Å². The van der Waals surface area contributed by atoms with E-state index >= 15 is 0 Å². The SMILES string of the molecule is CC1CCN(c2ccc(Nc3ccc(NC(=O)c4ccccc4)nn3)cc2)CC1. The number of hydrogen-bond acceptors (Lipinski definition) is 5. The molecule has 4 rings (SSSR count). The summed E-state index contributed by atoms with van der Waals surface area (Å²) >= 11 is 0. The maximum Gasteiger partial charge on any atom is 0.256 e. The van der Waals surface area contributed by atoms with E-state index in [0.29, 0.717) is 17.2 Å². The van der Waals surface area contributed by atoms with E-state index in [1.165, 1.54) is 18.5 Å². The number of nitrogens with zero attached hydrogens (tertiary/aromatic N) is 3. The van der Waals surface area contributed by atoms with E-state index in [9.17, 15) is 4.79 Å². The van der Waals surface area contributed by atoms with E-state index in [2.05, 4.69) is 56.9 Å². The van der Waals surface area contributed by atoms with Gasteiger partial charge in [0.05, 0.1) is 0 Å². The summed E-state index contributed by atoms with van der Waals surface area (Å²) in [6, 6.07) is 21.0. The van der Waals surface area contributed by atoms with Crippen molar-refractivity contribution in [3.05, 3.63) is 72.3 Å². The average molecular weight is 387 g/mol. The molecule has 1 saturated heterocycles. The Labute approximate surface area is 171 Å². The number of carbonyl (C=O) groups excluding carboxylic acids is 1. The molecule has 3 aromatic rings. The van der Waals surface area contributed by atoms with Crippen LogP contribution in [0.4, 0.5) is 23.0 Å². The van der Waals surface area contributed by atoms with Crippen LogP contribution in [0.25, 0.3) is 0 Å². The Hall–Kier alpha value is -3.41. The zero-order valence-electron chi connectivity index (χ0n) is 16.5. The minimum Gasteiger partial charge on any atom is -0.372 e. The lowest BCUT2D eigenvalue weighted by atomic mass is 9.99. The van der Waals surface area contributed by atoms with Gasteiger partial charge in [-0.05, 0) is 67.3 Å². The van der Waals surface area contributed by atoms with Gasteiger partial charge in [0.25, 0.3) is 5.91 Å². The average Bonchev–Trinajstić information content (AvgIpc) is 2.77. The van der Waals surface area contributed by atoms with Crippen molar-refractivity contribution in [2.45, 2.75) is 19.8 Å². The predicted octanol–water partition coefficient (Wildman–Crippen LogP) is 4.71. The molecule has 0 atom stereocenters. The molecule has 0 unspecified atom stereocenters. The van der Waals surface area contributed by atoms with Crippen LogP contribution in [0.5, 0.6) is 0 Å². The normalized spacial score (nSPS) is 14.4. The summed E-state index contributed by atoms with van der Waals surface area (Å²) < 4.78 is 0. The first kappa shape index (κ1) is 18.9. The fourth-order valence-electron chi connectivity index (χ4n) is 3.41. The second kappa shape index (κ2) is 8.73. The summed E-state index contributed by atoms with van der Waals surface area (Å²) in [6.07, 6.45) is 2.51. The van der Waals surface area contributed by atoms with Gasteiger partial charge in [0, 0.05) is 30.0 Å². The molecule has 6 heteroatoms. The van der Waals surface area contributed by atoms with E-state index in [4.69, 9.17) is 0 Å². The lowest BCUT2D eigenvalue weighted by molar-refractivity contribution is 0.102. The molecule has 148 valence electrons. The molecule has 1 amide bonds. The highest BCUT2D eigenvalue weighted by Crippen LogP contribution is 2.25. The topological polar surface area (TPSA) is 70.2 Å². The number of piperidine rings is 1. The second-order valence-electron chi connectivity index (χ2n) is 7.47. The maximum absolute atomic E-state index is 12.2. The fourth-order valence-corrected chi connectivity index (χ4v) is 3.41. The van der Waals surface area contributed by atoms with Crippen LogP contribution < -0.4 is 15.5 Å². The van der Waals surface area contributed by atoms with Crippen molar-refractivity contribution in [3.8, 4) is 0 Å². The van der Waals surface area contributed by atoms with Gasteiger partial charge in [0.15, 0.2) is 11.6 Å². The Balaban J connectivity index is 1.34. The van der Waals surface area contributed by atoms with Crippen molar-refractivity contribution < 1.29 is 4.79 Å². The van der Waals surface area contributed by atoms with Crippen molar-refractivity contribution in [3.63, 3.8) is 0 Å². The molecule has 0 spiro atoms. The highest BCUT2D eigenvalue weighted by Gasteiger charge is 2.15. The van der Waals surface area contributed by atoms with Crippen molar-refractivity contribution in [2.75, 3.05) is 28.6 Å². The third kappa shape index (κ3) is 4.90. The number of anilines is 4. The largest absolute Gasteiger partial charge is 0.372 e. The standard InChI is InChI=1S/C23H25N5O/c1-17-13-15-28(16-14-17)20-9-7-19(8-10-20)24-21-11-12-22(27-26-21)25-23(29)18-5-3-2-4-6-18/h2-12,17H,13-16H2,1H3,(H,24,26)(H,25,27,29). The van der Waals surface area contributed by atoms with Gasteiger partial charge in [0.2, 0.25) is 0 Å². The molecule has 0 saturated carbocycles. The molecule has 0 bridgehead atoms. The first-order valence-electron chi connectivity index (χ1n) is 9.99. The Morgan fingerprint density at radius 2 is 1.55 bits per heavy atom. The van der Waals surface area contributed by atoms with Crippen LogP contribution in [0.3, 0.4) is 0 Å². The molecule has 2 heterocycles. The quantitative estimate of drug-likeness (QED) is 0.663. The maximum atomic E-state index is 12.2. The van der Waals surface area contributed by atoms with E-state index in [-0.39, 0.29) is 5.91 Å². The van der Waals surface area contributed by atoms with Crippen LogP contribution in [-0.2, 0) is 0 Å². The molecule has 1 aliphatic rings. The Morgan fingerprint density at radius 1 is 0.897 bits per heavy atom. The summed E-state index contributed by atoms with van der Waals surface area (Å²) in [4.78, 5) is 14.6. The zero-order chi connectivity index (χ0) is 20.1. The van der Waals surface area contributed by atoms with Crippen molar-refractivity contribution in [1.29, 1.82) is 0 Å². The summed E-state index contributed by atoms with van der Waals surface area (Å²) in [5, 5.41) is 14.2. The van der Waals surface area contributed by atoms with Gasteiger partial charge in [-0.1, -0.05) is 25.1 Å². The van der Waals surface area contributed by atoms with Crippen molar-refractivity contribution >= 4 is 28.9 Å². The fraction of sp³-hybridized carbons (Fsp3) is 0.261. The second-order valence-corrected chi connectivity index (χ2v) is 7.47. The minimum atomic E-state index is -0.205. The number of rotatable bonds is 5. The zero-order valence-corrected chi connectivity index (χ0v) is 16.5. The van der Waals surface area contributed by atoms with Gasteiger partial charge in [-0.15, -0.1) is 10.2 Å². The number of carbonyl (C=O) groups is 1. The number of nitrogens with one attached hydrogen (secondary N) is 2. The van der Waals surface area contributed by atoms with E-state index in [0.717, 1.165) is 24.7 Å². The summed E-state index contributed by atoms with van der Waals surface area (Å²) in [6.45, 7) is 4.56. The van der Waals surface area contributed by atoms with Gasteiger partial charge in [-0.2, -0.15) is 0 Å². The molecule has 1 aliphatic heterocycles. The number of aromatic nitrogens is 2. The monoisotopic (exact) mass is 387 g/mol. The molecule has 0 aliphatic carbocycles. The lowest BCUT2D eigenvalue weighted by Crippen LogP contribution is -2.32. The predicted molar refractivity (Wildman–Crippen MR) is 117 cm³/mol. The molecule has 1 aromatic heterocycles. The first-order valence-corrected chi connectivity index (χ1v) is 9.99. The summed E-state index contributed by atoms with van der Waals surface area (Å²) in [5.74, 6) is 1.66. The van der Waals surface area contributed by atoms with Crippen LogP contribution >= 0.6 is 0 Å². The molecule has 29 heavy (non-hydrogen) atoms. The third-order valence-electron chi connectivity index (χ3n) is 5.23. The molecular formula is C23H25N5O. The Bertz CT molecular complexity index is 933. The molecule has 0 radical (unpaired) electrons.